The van der Waals surface area contributed by atoms with Gasteiger partial charge in [-0.1, -0.05) is 140 Å². The molecule has 0 atom stereocenters. The van der Waals surface area contributed by atoms with E-state index in [2.05, 4.69) is 156 Å². The van der Waals surface area contributed by atoms with Gasteiger partial charge in [-0.25, -0.2) is 9.97 Å². The van der Waals surface area contributed by atoms with Crippen molar-refractivity contribution in [1.29, 1.82) is 0 Å². The normalized spacial score (nSPS) is 12.3. The lowest BCUT2D eigenvalue weighted by molar-refractivity contribution is 1.02. The third kappa shape index (κ3) is 3.66. The van der Waals surface area contributed by atoms with Crippen LogP contribution in [0, 0.1) is 0 Å². The maximum Gasteiger partial charge on any atom is 0.235 e. The average molecular weight is 684 g/mol. The molecule has 0 amide bonds. The second-order valence-electron chi connectivity index (χ2n) is 13.2. The van der Waals surface area contributed by atoms with Gasteiger partial charge in [0.25, 0.3) is 0 Å². The van der Waals surface area contributed by atoms with Gasteiger partial charge in [0, 0.05) is 47.3 Å². The van der Waals surface area contributed by atoms with Crippen LogP contribution in [0.4, 0.5) is 0 Å². The lowest BCUT2D eigenvalue weighted by Gasteiger charge is -2.11. The summed E-state index contributed by atoms with van der Waals surface area (Å²) in [6, 6.07) is 54.7. The molecule has 0 saturated heterocycles. The van der Waals surface area contributed by atoms with Crippen LogP contribution in [-0.4, -0.2) is 14.5 Å². The minimum absolute atomic E-state index is 0.693. The largest absolute Gasteiger partial charge is 0.276 e. The van der Waals surface area contributed by atoms with Gasteiger partial charge >= 0.3 is 0 Å². The van der Waals surface area contributed by atoms with E-state index in [-0.39, 0.29) is 0 Å². The quantitative estimate of drug-likeness (QED) is 0.170. The van der Waals surface area contributed by atoms with Crippen LogP contribution in [0.5, 0.6) is 0 Å². The molecule has 236 valence electrons. The first-order valence-electron chi connectivity index (χ1n) is 17.2. The van der Waals surface area contributed by atoms with Gasteiger partial charge in [0.05, 0.1) is 31.6 Å². The Morgan fingerprint density at radius 1 is 0.392 bits per heavy atom. The number of thiophene rings is 2. The summed E-state index contributed by atoms with van der Waals surface area (Å²) in [5.74, 6) is 0.693. The Bertz CT molecular complexity index is 3420. The maximum absolute atomic E-state index is 5.66. The predicted molar refractivity (Wildman–Crippen MR) is 220 cm³/mol. The van der Waals surface area contributed by atoms with Crippen molar-refractivity contribution in [2.45, 2.75) is 0 Å². The first-order valence-corrected chi connectivity index (χ1v) is 18.8. The Kier molecular flexibility index (Phi) is 5.53. The summed E-state index contributed by atoms with van der Waals surface area (Å²) in [4.78, 5) is 11.2. The number of nitrogens with zero attached hydrogens (tertiary/aromatic N) is 3. The van der Waals surface area contributed by atoms with Gasteiger partial charge in [-0.3, -0.25) is 4.57 Å². The van der Waals surface area contributed by atoms with Gasteiger partial charge in [-0.2, -0.15) is 0 Å². The van der Waals surface area contributed by atoms with Gasteiger partial charge < -0.3 is 0 Å². The van der Waals surface area contributed by atoms with Crippen LogP contribution in [0.2, 0.25) is 0 Å². The van der Waals surface area contributed by atoms with Crippen LogP contribution in [0.3, 0.4) is 0 Å². The van der Waals surface area contributed by atoms with E-state index in [1.165, 1.54) is 78.9 Å². The average Bonchev–Trinajstić information content (AvgIpc) is 3.89. The molecule has 0 radical (unpaired) electrons. The molecule has 0 aliphatic heterocycles. The van der Waals surface area contributed by atoms with E-state index < -0.39 is 0 Å². The van der Waals surface area contributed by atoms with Gasteiger partial charge in [0.1, 0.15) is 0 Å². The fourth-order valence-corrected chi connectivity index (χ4v) is 11.0. The highest BCUT2D eigenvalue weighted by Gasteiger charge is 2.25. The molecule has 0 bridgehead atoms. The van der Waals surface area contributed by atoms with Crippen LogP contribution in [0.25, 0.3) is 112 Å². The summed E-state index contributed by atoms with van der Waals surface area (Å²) in [7, 11) is 0. The summed E-state index contributed by atoms with van der Waals surface area (Å²) in [6.45, 7) is 0. The Hall–Kier alpha value is -6.14. The molecular formula is C46H25N3S2. The van der Waals surface area contributed by atoms with Crippen LogP contribution in [0.15, 0.2) is 152 Å². The van der Waals surface area contributed by atoms with Crippen molar-refractivity contribution < 1.29 is 0 Å². The molecule has 51 heavy (non-hydrogen) atoms. The summed E-state index contributed by atoms with van der Waals surface area (Å²) in [5.41, 5.74) is 5.32. The van der Waals surface area contributed by atoms with E-state index >= 15 is 0 Å². The van der Waals surface area contributed by atoms with Crippen molar-refractivity contribution in [3.63, 3.8) is 0 Å². The molecule has 0 unspecified atom stereocenters. The van der Waals surface area contributed by atoms with Crippen LogP contribution < -0.4 is 0 Å². The van der Waals surface area contributed by atoms with Crippen LogP contribution in [-0.2, 0) is 0 Å². The molecule has 0 spiro atoms. The molecule has 0 aliphatic carbocycles. The minimum atomic E-state index is 0.693. The molecule has 4 aromatic heterocycles. The van der Waals surface area contributed by atoms with Crippen molar-refractivity contribution in [1.82, 2.24) is 14.5 Å². The summed E-state index contributed by atoms with van der Waals surface area (Å²) in [5, 5.41) is 13.8. The van der Waals surface area contributed by atoms with Gasteiger partial charge in [0.2, 0.25) is 5.95 Å². The number of fused-ring (bicyclic) bond motifs is 18. The zero-order chi connectivity index (χ0) is 33.2. The molecule has 0 fully saturated rings. The lowest BCUT2D eigenvalue weighted by Crippen LogP contribution is -2.03. The SMILES string of the molecule is c1ccc(-c2nc(-n3c4ccccc4c4c5ccccc5c5c6ccccc6sc5c43)nc3c2sc2c4ccccc4c4ccccc4c32)cc1. The van der Waals surface area contributed by atoms with Crippen LogP contribution in [0.1, 0.15) is 0 Å². The smallest absolute Gasteiger partial charge is 0.235 e. The van der Waals surface area contributed by atoms with Crippen molar-refractivity contribution in [2.75, 3.05) is 0 Å². The number of hydrogen-bond donors (Lipinski definition) is 0. The Balaban J connectivity index is 1.34. The number of benzene rings is 8. The number of hydrogen-bond acceptors (Lipinski definition) is 4. The third-order valence-corrected chi connectivity index (χ3v) is 13.0. The van der Waals surface area contributed by atoms with E-state index in [4.69, 9.17) is 9.97 Å². The van der Waals surface area contributed by atoms with Gasteiger partial charge in [-0.15, -0.1) is 22.7 Å². The third-order valence-electron chi connectivity index (χ3n) is 10.6. The lowest BCUT2D eigenvalue weighted by atomic mass is 9.98. The summed E-state index contributed by atoms with van der Waals surface area (Å²) < 4.78 is 7.26. The van der Waals surface area contributed by atoms with E-state index in [1.54, 1.807) is 0 Å². The first kappa shape index (κ1) is 27.7. The Morgan fingerprint density at radius 2 is 0.961 bits per heavy atom. The van der Waals surface area contributed by atoms with Gasteiger partial charge in [-0.05, 0) is 39.1 Å². The number of rotatable bonds is 2. The molecule has 12 rings (SSSR count). The second-order valence-corrected chi connectivity index (χ2v) is 15.3. The fraction of sp³-hybridized carbons (Fsp3) is 0. The highest BCUT2D eigenvalue weighted by Crippen LogP contribution is 2.49. The Labute approximate surface area is 299 Å². The van der Waals surface area contributed by atoms with Crippen molar-refractivity contribution in [3.05, 3.63) is 152 Å². The first-order chi connectivity index (χ1) is 25.3. The predicted octanol–water partition coefficient (Wildman–Crippen LogP) is 13.4. The maximum atomic E-state index is 5.66. The zero-order valence-corrected chi connectivity index (χ0v) is 28.7. The summed E-state index contributed by atoms with van der Waals surface area (Å²) >= 11 is 3.68. The van der Waals surface area contributed by atoms with E-state index in [0.29, 0.717) is 5.95 Å². The highest BCUT2D eigenvalue weighted by atomic mass is 32.1. The van der Waals surface area contributed by atoms with Gasteiger partial charge in [0.15, 0.2) is 0 Å². The topological polar surface area (TPSA) is 30.7 Å². The number of aromatic nitrogens is 3. The highest BCUT2D eigenvalue weighted by molar-refractivity contribution is 7.27. The van der Waals surface area contributed by atoms with Crippen molar-refractivity contribution in [2.24, 2.45) is 0 Å². The van der Waals surface area contributed by atoms with Crippen molar-refractivity contribution in [3.8, 4) is 17.2 Å². The second kappa shape index (κ2) is 10.2. The molecular weight excluding hydrogens is 659 g/mol. The molecule has 0 N–H and O–H groups in total. The molecule has 4 heterocycles. The monoisotopic (exact) mass is 683 g/mol. The van der Waals surface area contributed by atoms with Crippen LogP contribution >= 0.6 is 22.7 Å². The molecule has 8 aromatic carbocycles. The number of para-hydroxylation sites is 1. The van der Waals surface area contributed by atoms with E-state index in [9.17, 15) is 0 Å². The zero-order valence-electron chi connectivity index (χ0n) is 27.1. The molecule has 3 nitrogen and oxygen atoms in total. The standard InChI is InChI=1S/C46H25N3S2/c1-2-14-26(15-3-1)40-45-41(39-29-18-6-4-16-27(29)28-17-5-9-21-32(28)43(39)51-45)48-46(47-40)49-35-24-12-10-22-33(35)37-30-19-7-8-20-31(30)38-34-23-11-13-25-36(34)50-44(38)42(37)49/h1-25H. The fourth-order valence-electron chi connectivity index (χ4n) is 8.48. The molecule has 12 aromatic rings. The molecule has 5 heteroatoms. The minimum Gasteiger partial charge on any atom is -0.276 e. The molecule has 0 aliphatic rings. The van der Waals surface area contributed by atoms with Crippen molar-refractivity contribution >= 4 is 117 Å². The summed E-state index contributed by atoms with van der Waals surface area (Å²) in [6.07, 6.45) is 0. The molecule has 0 saturated carbocycles. The Morgan fingerprint density at radius 3 is 1.73 bits per heavy atom. The van der Waals surface area contributed by atoms with E-state index in [0.717, 1.165) is 27.0 Å². The van der Waals surface area contributed by atoms with E-state index in [1.807, 2.05) is 22.7 Å².